The fourth-order valence-electron chi connectivity index (χ4n) is 1.48. The van der Waals surface area contributed by atoms with Gasteiger partial charge in [0.05, 0.1) is 24.0 Å². The Kier molecular flexibility index (Phi) is 5.76. The number of halogens is 1. The Hall–Kier alpha value is -1.82. The Morgan fingerprint density at radius 2 is 2.15 bits per heavy atom. The number of amides is 2. The van der Waals surface area contributed by atoms with E-state index in [0.717, 1.165) is 0 Å². The number of carbonyl (C=O) groups excluding carboxylic acids is 2. The predicted molar refractivity (Wildman–Crippen MR) is 78.5 cm³/mol. The molecule has 1 aromatic rings. The summed E-state index contributed by atoms with van der Waals surface area (Å²) in [6.07, 6.45) is 1.37. The Bertz CT molecular complexity index is 505. The van der Waals surface area contributed by atoms with E-state index in [1.807, 2.05) is 13.8 Å². The zero-order valence-corrected chi connectivity index (χ0v) is 12.6. The number of nitrogens with one attached hydrogen (secondary N) is 1. The minimum Gasteiger partial charge on any atom is -0.397 e. The molecule has 1 heterocycles. The van der Waals surface area contributed by atoms with Crippen LogP contribution in [0.2, 0.25) is 5.15 Å². The topological polar surface area (TPSA) is 88.3 Å². The molecule has 0 aromatic carbocycles. The molecule has 0 aliphatic rings. The molecule has 7 heteroatoms. The van der Waals surface area contributed by atoms with Gasteiger partial charge in [0, 0.05) is 13.6 Å². The van der Waals surface area contributed by atoms with Crippen molar-refractivity contribution in [3.8, 4) is 0 Å². The van der Waals surface area contributed by atoms with Crippen molar-refractivity contribution in [1.82, 2.24) is 15.2 Å². The first-order valence-corrected chi connectivity index (χ1v) is 6.62. The first-order chi connectivity index (χ1) is 9.31. The highest BCUT2D eigenvalue weighted by atomic mass is 35.5. The molecule has 3 N–H and O–H groups in total. The molecular weight excluding hydrogens is 280 g/mol. The number of nitrogens with zero attached hydrogens (tertiary/aromatic N) is 2. The number of aromatic nitrogens is 1. The maximum absolute atomic E-state index is 12.2. The largest absolute Gasteiger partial charge is 0.397 e. The van der Waals surface area contributed by atoms with Gasteiger partial charge in [0.1, 0.15) is 5.15 Å². The number of anilines is 1. The van der Waals surface area contributed by atoms with E-state index < -0.39 is 5.91 Å². The van der Waals surface area contributed by atoms with E-state index in [4.69, 9.17) is 17.3 Å². The van der Waals surface area contributed by atoms with E-state index in [2.05, 4.69) is 10.3 Å². The first kappa shape index (κ1) is 16.2. The predicted octanol–water partition coefficient (Wildman–Crippen LogP) is 1.16. The van der Waals surface area contributed by atoms with Gasteiger partial charge in [-0.3, -0.25) is 9.59 Å². The van der Waals surface area contributed by atoms with Gasteiger partial charge in [-0.2, -0.15) is 0 Å². The Balaban J connectivity index is 2.67. The van der Waals surface area contributed by atoms with Crippen molar-refractivity contribution < 1.29 is 9.59 Å². The number of carbonyl (C=O) groups is 2. The van der Waals surface area contributed by atoms with E-state index in [9.17, 15) is 9.59 Å². The summed E-state index contributed by atoms with van der Waals surface area (Å²) in [6.45, 7) is 4.51. The second kappa shape index (κ2) is 7.09. The third kappa shape index (κ3) is 4.70. The highest BCUT2D eigenvalue weighted by molar-refractivity contribution is 6.32. The lowest BCUT2D eigenvalue weighted by atomic mass is 10.2. The van der Waals surface area contributed by atoms with Crippen molar-refractivity contribution in [2.24, 2.45) is 5.92 Å². The van der Waals surface area contributed by atoms with Crippen LogP contribution in [-0.2, 0) is 4.79 Å². The number of hydrogen-bond donors (Lipinski definition) is 2. The van der Waals surface area contributed by atoms with E-state index in [-0.39, 0.29) is 23.2 Å². The van der Waals surface area contributed by atoms with Crippen LogP contribution in [-0.4, -0.2) is 41.8 Å². The lowest BCUT2D eigenvalue weighted by Gasteiger charge is -2.18. The van der Waals surface area contributed by atoms with Crippen LogP contribution in [0, 0.1) is 5.92 Å². The van der Waals surface area contributed by atoms with Crippen LogP contribution in [0.4, 0.5) is 5.69 Å². The molecule has 0 bridgehead atoms. The zero-order valence-electron chi connectivity index (χ0n) is 11.8. The molecule has 0 saturated carbocycles. The van der Waals surface area contributed by atoms with E-state index in [1.54, 1.807) is 0 Å². The van der Waals surface area contributed by atoms with Gasteiger partial charge in [-0.25, -0.2) is 4.98 Å². The molecule has 0 radical (unpaired) electrons. The van der Waals surface area contributed by atoms with Crippen molar-refractivity contribution in [1.29, 1.82) is 0 Å². The SMILES string of the molecule is CC(C)CNC(=O)CN(C)C(=O)c1cc(N)cnc1Cl. The van der Waals surface area contributed by atoms with E-state index >= 15 is 0 Å². The van der Waals surface area contributed by atoms with Crippen molar-refractivity contribution >= 4 is 29.1 Å². The summed E-state index contributed by atoms with van der Waals surface area (Å²) in [4.78, 5) is 28.9. The van der Waals surface area contributed by atoms with Crippen LogP contribution in [0.15, 0.2) is 12.3 Å². The van der Waals surface area contributed by atoms with Gasteiger partial charge in [-0.05, 0) is 12.0 Å². The molecule has 0 atom stereocenters. The highest BCUT2D eigenvalue weighted by Crippen LogP contribution is 2.17. The lowest BCUT2D eigenvalue weighted by molar-refractivity contribution is -0.121. The minimum atomic E-state index is -0.394. The average molecular weight is 299 g/mol. The number of nitrogen functional groups attached to an aromatic ring is 1. The second-order valence-electron chi connectivity index (χ2n) is 4.97. The van der Waals surface area contributed by atoms with Crippen molar-refractivity contribution in [3.05, 3.63) is 23.0 Å². The van der Waals surface area contributed by atoms with Crippen LogP contribution in [0.3, 0.4) is 0 Å². The fraction of sp³-hybridized carbons (Fsp3) is 0.462. The van der Waals surface area contributed by atoms with Crippen molar-refractivity contribution in [3.63, 3.8) is 0 Å². The number of likely N-dealkylation sites (N-methyl/N-ethyl adjacent to an activating group) is 1. The van der Waals surface area contributed by atoms with Gasteiger partial charge in [-0.1, -0.05) is 25.4 Å². The number of hydrogen-bond acceptors (Lipinski definition) is 4. The maximum atomic E-state index is 12.2. The van der Waals surface area contributed by atoms with Crippen LogP contribution in [0.5, 0.6) is 0 Å². The van der Waals surface area contributed by atoms with Gasteiger partial charge in [0.15, 0.2) is 0 Å². The average Bonchev–Trinajstić information content (AvgIpc) is 2.38. The fourth-order valence-corrected chi connectivity index (χ4v) is 1.67. The van der Waals surface area contributed by atoms with Crippen molar-refractivity contribution in [2.75, 3.05) is 25.9 Å². The maximum Gasteiger partial charge on any atom is 0.257 e. The first-order valence-electron chi connectivity index (χ1n) is 6.24. The van der Waals surface area contributed by atoms with Gasteiger partial charge in [-0.15, -0.1) is 0 Å². The van der Waals surface area contributed by atoms with Crippen LogP contribution in [0.1, 0.15) is 24.2 Å². The Morgan fingerprint density at radius 3 is 2.75 bits per heavy atom. The molecule has 0 fully saturated rings. The number of rotatable bonds is 5. The summed E-state index contributed by atoms with van der Waals surface area (Å²) < 4.78 is 0. The molecule has 1 rings (SSSR count). The minimum absolute atomic E-state index is 0.0450. The third-order valence-electron chi connectivity index (χ3n) is 2.53. The molecule has 110 valence electrons. The smallest absolute Gasteiger partial charge is 0.257 e. The summed E-state index contributed by atoms with van der Waals surface area (Å²) in [5.41, 5.74) is 6.11. The molecule has 20 heavy (non-hydrogen) atoms. The molecule has 0 aliphatic carbocycles. The Labute approximate surface area is 123 Å². The standard InChI is InChI=1S/C13H19ClN4O2/c1-8(2)5-16-11(19)7-18(3)13(20)10-4-9(15)6-17-12(10)14/h4,6,8H,5,7,15H2,1-3H3,(H,16,19). The second-order valence-corrected chi connectivity index (χ2v) is 5.32. The third-order valence-corrected chi connectivity index (χ3v) is 2.83. The molecule has 1 aromatic heterocycles. The molecule has 6 nitrogen and oxygen atoms in total. The van der Waals surface area contributed by atoms with E-state index in [1.165, 1.54) is 24.2 Å². The summed E-state index contributed by atoms with van der Waals surface area (Å²) >= 11 is 5.86. The number of nitrogens with two attached hydrogens (primary N) is 1. The van der Waals surface area contributed by atoms with Gasteiger partial charge in [0.25, 0.3) is 5.91 Å². The molecular formula is C13H19ClN4O2. The highest BCUT2D eigenvalue weighted by Gasteiger charge is 2.18. The van der Waals surface area contributed by atoms with Gasteiger partial charge in [0.2, 0.25) is 5.91 Å². The summed E-state index contributed by atoms with van der Waals surface area (Å²) in [7, 11) is 1.52. The lowest BCUT2D eigenvalue weighted by Crippen LogP contribution is -2.39. The van der Waals surface area contributed by atoms with Crippen LogP contribution in [0.25, 0.3) is 0 Å². The van der Waals surface area contributed by atoms with Gasteiger partial charge >= 0.3 is 0 Å². The molecule has 2 amide bonds. The zero-order chi connectivity index (χ0) is 15.3. The molecule has 0 unspecified atom stereocenters. The van der Waals surface area contributed by atoms with E-state index in [0.29, 0.717) is 18.2 Å². The number of pyridine rings is 1. The van der Waals surface area contributed by atoms with Crippen LogP contribution >= 0.6 is 11.6 Å². The molecule has 0 spiro atoms. The molecule has 0 saturated heterocycles. The monoisotopic (exact) mass is 298 g/mol. The summed E-state index contributed by atoms with van der Waals surface area (Å²) in [6, 6.07) is 1.44. The molecule has 0 aliphatic heterocycles. The normalized spacial score (nSPS) is 10.4. The van der Waals surface area contributed by atoms with Gasteiger partial charge < -0.3 is 16.0 Å². The quantitative estimate of drug-likeness (QED) is 0.799. The van der Waals surface area contributed by atoms with Crippen molar-refractivity contribution in [2.45, 2.75) is 13.8 Å². The summed E-state index contributed by atoms with van der Waals surface area (Å²) in [5.74, 6) is -0.260. The Morgan fingerprint density at radius 1 is 1.50 bits per heavy atom. The summed E-state index contributed by atoms with van der Waals surface area (Å²) in [5, 5.41) is 2.81. The van der Waals surface area contributed by atoms with Crippen LogP contribution < -0.4 is 11.1 Å².